The highest BCUT2D eigenvalue weighted by Gasteiger charge is 2.54. The van der Waals surface area contributed by atoms with Crippen LogP contribution in [0.5, 0.6) is 5.75 Å². The zero-order valence-electron chi connectivity index (χ0n) is 23.1. The van der Waals surface area contributed by atoms with E-state index in [-0.39, 0.29) is 16.9 Å². The number of esters is 1. The molecule has 0 radical (unpaired) electrons. The third-order valence-electron chi connectivity index (χ3n) is 10.1. The fraction of sp³-hybridized carbons (Fsp3) is 0.656. The molecule has 0 aromatic heterocycles. The van der Waals surface area contributed by atoms with Crippen LogP contribution in [-0.4, -0.2) is 36.7 Å². The second-order valence-electron chi connectivity index (χ2n) is 13.2. The number of ether oxygens (including phenoxy) is 2. The van der Waals surface area contributed by atoms with Crippen LogP contribution in [0.2, 0.25) is 0 Å². The van der Waals surface area contributed by atoms with Gasteiger partial charge >= 0.3 is 5.97 Å². The van der Waals surface area contributed by atoms with E-state index in [2.05, 4.69) is 69.1 Å². The molecule has 0 spiro atoms. The van der Waals surface area contributed by atoms with Crippen molar-refractivity contribution in [3.8, 4) is 5.75 Å². The Morgan fingerprint density at radius 2 is 1.53 bits per heavy atom. The van der Waals surface area contributed by atoms with Crippen LogP contribution in [0, 0.1) is 16.7 Å². The van der Waals surface area contributed by atoms with Gasteiger partial charge in [-0.05, 0) is 117 Å². The summed E-state index contributed by atoms with van der Waals surface area (Å²) >= 11 is 0. The summed E-state index contributed by atoms with van der Waals surface area (Å²) in [6, 6.07) is 13.5. The van der Waals surface area contributed by atoms with Crippen LogP contribution in [0.1, 0.15) is 90.5 Å². The largest absolute Gasteiger partial charge is 0.490 e. The van der Waals surface area contributed by atoms with Gasteiger partial charge in [0.15, 0.2) is 0 Å². The first kappa shape index (κ1) is 25.6. The van der Waals surface area contributed by atoms with Crippen molar-refractivity contribution >= 4 is 16.7 Å². The van der Waals surface area contributed by atoms with E-state index in [0.717, 1.165) is 69.6 Å². The van der Waals surface area contributed by atoms with E-state index in [0.29, 0.717) is 11.5 Å². The first-order valence-electron chi connectivity index (χ1n) is 14.1. The summed E-state index contributed by atoms with van der Waals surface area (Å²) in [4.78, 5) is 14.9. The fourth-order valence-corrected chi connectivity index (χ4v) is 7.39. The van der Waals surface area contributed by atoms with Crippen LogP contribution in [0.15, 0.2) is 36.4 Å². The summed E-state index contributed by atoms with van der Waals surface area (Å²) in [5, 5.41) is 2.53. The molecule has 36 heavy (non-hydrogen) atoms. The zero-order chi connectivity index (χ0) is 25.6. The third-order valence-corrected chi connectivity index (χ3v) is 10.1. The molecule has 2 bridgehead atoms. The number of carbonyl (C=O) groups is 1. The summed E-state index contributed by atoms with van der Waals surface area (Å²) in [5.74, 6) is 1.82. The van der Waals surface area contributed by atoms with Crippen molar-refractivity contribution in [1.82, 2.24) is 4.90 Å². The standard InChI is InChI=1S/C32H45NO3/c1-30(2,3)26-9-12-27(13-10-26)36-28-11-8-24-20-23(6-7-25(24)21-28)22-33(4)32-17-14-31(15-18-32,16-19-32)29(34)35-5/h6-8,11,20-21,26-27H,9-10,12-19,22H2,1-5H3/t26-,27-,31?,32?. The summed E-state index contributed by atoms with van der Waals surface area (Å²) in [5.41, 5.74) is 1.75. The summed E-state index contributed by atoms with van der Waals surface area (Å²) in [6.07, 6.45) is 11.3. The maximum absolute atomic E-state index is 12.4. The number of carbonyl (C=O) groups excluding carboxylic acids is 1. The lowest BCUT2D eigenvalue weighted by molar-refractivity contribution is -0.164. The van der Waals surface area contributed by atoms with E-state index in [9.17, 15) is 4.79 Å². The minimum Gasteiger partial charge on any atom is -0.490 e. The van der Waals surface area contributed by atoms with Gasteiger partial charge in [0.05, 0.1) is 18.6 Å². The lowest BCUT2D eigenvalue weighted by atomic mass is 9.56. The molecular formula is C32H45NO3. The first-order chi connectivity index (χ1) is 17.1. The number of benzene rings is 2. The van der Waals surface area contributed by atoms with Crippen molar-refractivity contribution in [2.24, 2.45) is 16.7 Å². The van der Waals surface area contributed by atoms with Gasteiger partial charge in [-0.2, -0.15) is 0 Å². The predicted octanol–water partition coefficient (Wildman–Crippen LogP) is 7.52. The molecule has 4 aliphatic carbocycles. The molecule has 4 saturated carbocycles. The highest BCUT2D eigenvalue weighted by molar-refractivity contribution is 5.84. The minimum atomic E-state index is -0.216. The van der Waals surface area contributed by atoms with E-state index in [1.54, 1.807) is 0 Å². The molecule has 2 aromatic rings. The molecule has 196 valence electrons. The molecule has 4 aliphatic rings. The third kappa shape index (κ3) is 4.90. The lowest BCUT2D eigenvalue weighted by Gasteiger charge is -2.55. The molecule has 4 nitrogen and oxygen atoms in total. The molecular weight excluding hydrogens is 446 g/mol. The van der Waals surface area contributed by atoms with Crippen molar-refractivity contribution < 1.29 is 14.3 Å². The minimum absolute atomic E-state index is 0.00826. The highest BCUT2D eigenvalue weighted by atomic mass is 16.5. The van der Waals surface area contributed by atoms with Gasteiger partial charge in [0, 0.05) is 12.1 Å². The molecule has 0 heterocycles. The Labute approximate surface area is 217 Å². The van der Waals surface area contributed by atoms with Crippen LogP contribution < -0.4 is 4.74 Å². The quantitative estimate of drug-likeness (QED) is 0.392. The van der Waals surface area contributed by atoms with Crippen LogP contribution in [0.25, 0.3) is 10.8 Å². The summed E-state index contributed by atoms with van der Waals surface area (Å²) in [7, 11) is 3.80. The molecule has 4 fully saturated rings. The molecule has 0 atom stereocenters. The molecule has 0 N–H and O–H groups in total. The molecule has 0 amide bonds. The summed E-state index contributed by atoms with van der Waals surface area (Å²) < 4.78 is 11.6. The van der Waals surface area contributed by atoms with E-state index >= 15 is 0 Å². The average molecular weight is 492 g/mol. The first-order valence-corrected chi connectivity index (χ1v) is 14.1. The Morgan fingerprint density at radius 3 is 2.14 bits per heavy atom. The van der Waals surface area contributed by atoms with E-state index in [1.165, 1.54) is 36.3 Å². The smallest absolute Gasteiger partial charge is 0.311 e. The number of rotatable bonds is 6. The number of hydrogen-bond acceptors (Lipinski definition) is 4. The molecule has 0 aliphatic heterocycles. The number of methoxy groups -OCH3 is 1. The Kier molecular flexibility index (Phi) is 6.87. The van der Waals surface area contributed by atoms with Gasteiger partial charge in [0.2, 0.25) is 0 Å². The van der Waals surface area contributed by atoms with Gasteiger partial charge in [-0.25, -0.2) is 0 Å². The second kappa shape index (κ2) is 9.67. The Bertz CT molecular complexity index is 1070. The zero-order valence-corrected chi connectivity index (χ0v) is 23.1. The van der Waals surface area contributed by atoms with Crippen molar-refractivity contribution in [1.29, 1.82) is 0 Å². The van der Waals surface area contributed by atoms with Gasteiger partial charge in [-0.15, -0.1) is 0 Å². The van der Waals surface area contributed by atoms with Crippen molar-refractivity contribution in [2.75, 3.05) is 14.2 Å². The molecule has 2 aromatic carbocycles. The SMILES string of the molecule is COC(=O)C12CCC(N(C)Cc3ccc4cc(O[C@H]5CC[C@H](C(C)(C)C)CC5)ccc4c3)(CC1)CC2. The topological polar surface area (TPSA) is 38.8 Å². The van der Waals surface area contributed by atoms with Crippen molar-refractivity contribution in [2.45, 2.75) is 103 Å². The maximum Gasteiger partial charge on any atom is 0.311 e. The van der Waals surface area contributed by atoms with Crippen molar-refractivity contribution in [3.63, 3.8) is 0 Å². The summed E-state index contributed by atoms with van der Waals surface area (Å²) in [6.45, 7) is 8.05. The van der Waals surface area contributed by atoms with Gasteiger partial charge in [-0.1, -0.05) is 39.0 Å². The van der Waals surface area contributed by atoms with E-state index < -0.39 is 0 Å². The second-order valence-corrected chi connectivity index (χ2v) is 13.2. The monoisotopic (exact) mass is 491 g/mol. The highest BCUT2D eigenvalue weighted by Crippen LogP contribution is 2.55. The van der Waals surface area contributed by atoms with E-state index in [4.69, 9.17) is 9.47 Å². The van der Waals surface area contributed by atoms with E-state index in [1.807, 2.05) is 0 Å². The van der Waals surface area contributed by atoms with Gasteiger partial charge in [0.25, 0.3) is 0 Å². The van der Waals surface area contributed by atoms with Gasteiger partial charge < -0.3 is 9.47 Å². The molecule has 0 unspecified atom stereocenters. The van der Waals surface area contributed by atoms with Crippen LogP contribution in [0.4, 0.5) is 0 Å². The number of fused-ring (bicyclic) bond motifs is 4. The van der Waals surface area contributed by atoms with Crippen molar-refractivity contribution in [3.05, 3.63) is 42.0 Å². The molecule has 0 saturated heterocycles. The number of nitrogens with zero attached hydrogens (tertiary/aromatic N) is 1. The van der Waals surface area contributed by atoms with Crippen LogP contribution in [0.3, 0.4) is 0 Å². The number of hydrogen-bond donors (Lipinski definition) is 0. The van der Waals surface area contributed by atoms with Crippen LogP contribution >= 0.6 is 0 Å². The molecule has 4 heteroatoms. The Hall–Kier alpha value is -2.07. The maximum atomic E-state index is 12.4. The van der Waals surface area contributed by atoms with Crippen LogP contribution in [-0.2, 0) is 16.1 Å². The van der Waals surface area contributed by atoms with Gasteiger partial charge in [-0.3, -0.25) is 9.69 Å². The molecule has 6 rings (SSSR count). The predicted molar refractivity (Wildman–Crippen MR) is 146 cm³/mol. The normalized spacial score (nSPS) is 30.5. The Morgan fingerprint density at radius 1 is 0.917 bits per heavy atom. The lowest BCUT2D eigenvalue weighted by Crippen LogP contribution is -2.57. The fourth-order valence-electron chi connectivity index (χ4n) is 7.39. The average Bonchev–Trinajstić information content (AvgIpc) is 2.89. The van der Waals surface area contributed by atoms with Gasteiger partial charge in [0.1, 0.15) is 5.75 Å². The Balaban J connectivity index is 1.20.